The molecular weight excluding hydrogens is 399 g/mol. The molecule has 0 unspecified atom stereocenters. The van der Waals surface area contributed by atoms with Crippen LogP contribution in [0.15, 0.2) is 42.5 Å². The van der Waals surface area contributed by atoms with Crippen molar-refractivity contribution < 1.29 is 28.4 Å². The van der Waals surface area contributed by atoms with Gasteiger partial charge in [0.05, 0.1) is 25.1 Å². The average Bonchev–Trinajstić information content (AvgIpc) is 2.70. The molecule has 2 N–H and O–H groups in total. The summed E-state index contributed by atoms with van der Waals surface area (Å²) in [6, 6.07) is 8.92. The van der Waals surface area contributed by atoms with E-state index in [2.05, 4.69) is 10.6 Å². The summed E-state index contributed by atoms with van der Waals surface area (Å²) in [7, 11) is 2.62. The number of nitro groups is 1. The highest BCUT2D eigenvalue weighted by Crippen LogP contribution is 2.27. The Morgan fingerprint density at radius 3 is 2.57 bits per heavy atom. The Balaban J connectivity index is 1.90. The summed E-state index contributed by atoms with van der Waals surface area (Å²) in [5, 5.41) is 15.8. The number of nitro benzene ring substituents is 1. The van der Waals surface area contributed by atoms with Crippen molar-refractivity contribution in [2.45, 2.75) is 0 Å². The van der Waals surface area contributed by atoms with Gasteiger partial charge in [0.1, 0.15) is 5.82 Å². The number of nitrogens with zero attached hydrogens (tertiary/aromatic N) is 2. The highest BCUT2D eigenvalue weighted by molar-refractivity contribution is 5.98. The molecule has 0 spiro atoms. The molecule has 0 heterocycles. The quantitative estimate of drug-likeness (QED) is 0.494. The van der Waals surface area contributed by atoms with Gasteiger partial charge in [0, 0.05) is 24.4 Å². The first kappa shape index (κ1) is 22.3. The molecule has 0 bridgehead atoms. The Labute approximate surface area is 170 Å². The minimum absolute atomic E-state index is 0.00308. The normalized spacial score (nSPS) is 10.1. The molecule has 0 saturated heterocycles. The van der Waals surface area contributed by atoms with Crippen LogP contribution in [0.3, 0.4) is 0 Å². The fourth-order valence-electron chi connectivity index (χ4n) is 2.44. The van der Waals surface area contributed by atoms with Crippen molar-refractivity contribution in [2.24, 2.45) is 0 Å². The number of amides is 3. The molecule has 0 atom stereocenters. The van der Waals surface area contributed by atoms with Gasteiger partial charge in [0.2, 0.25) is 11.8 Å². The number of hydrogen-bond donors (Lipinski definition) is 2. The van der Waals surface area contributed by atoms with Crippen LogP contribution >= 0.6 is 0 Å². The number of rotatable bonds is 8. The van der Waals surface area contributed by atoms with E-state index in [0.717, 1.165) is 17.0 Å². The Morgan fingerprint density at radius 2 is 1.93 bits per heavy atom. The molecule has 158 valence electrons. The van der Waals surface area contributed by atoms with Crippen LogP contribution in [0.2, 0.25) is 0 Å². The summed E-state index contributed by atoms with van der Waals surface area (Å²) in [5.74, 6) is -2.34. The second-order valence-corrected chi connectivity index (χ2v) is 6.13. The first-order valence-corrected chi connectivity index (χ1v) is 8.61. The molecule has 0 radical (unpaired) electrons. The van der Waals surface area contributed by atoms with E-state index in [0.29, 0.717) is 0 Å². The second-order valence-electron chi connectivity index (χ2n) is 6.13. The largest absolute Gasteiger partial charge is 0.490 e. The Morgan fingerprint density at radius 1 is 1.20 bits per heavy atom. The highest BCUT2D eigenvalue weighted by Gasteiger charge is 2.19. The lowest BCUT2D eigenvalue weighted by molar-refractivity contribution is -0.385. The number of nitrogens with one attached hydrogen (secondary N) is 2. The van der Waals surface area contributed by atoms with Crippen molar-refractivity contribution in [1.82, 2.24) is 10.2 Å². The Hall–Kier alpha value is -4.02. The van der Waals surface area contributed by atoms with Crippen LogP contribution in [0.25, 0.3) is 0 Å². The summed E-state index contributed by atoms with van der Waals surface area (Å²) >= 11 is 0. The number of halogens is 1. The number of hydrogen-bond acceptors (Lipinski definition) is 6. The summed E-state index contributed by atoms with van der Waals surface area (Å²) in [6.07, 6.45) is 0. The van der Waals surface area contributed by atoms with Gasteiger partial charge in [0.25, 0.3) is 5.91 Å². The van der Waals surface area contributed by atoms with Gasteiger partial charge in [0.15, 0.2) is 5.75 Å². The molecule has 3 amide bonds. The van der Waals surface area contributed by atoms with E-state index in [4.69, 9.17) is 4.74 Å². The Kier molecular flexibility index (Phi) is 7.39. The number of anilines is 1. The lowest BCUT2D eigenvalue weighted by Gasteiger charge is -2.17. The van der Waals surface area contributed by atoms with Gasteiger partial charge in [-0.3, -0.25) is 24.5 Å². The first-order valence-electron chi connectivity index (χ1n) is 8.61. The number of methoxy groups -OCH3 is 1. The van der Waals surface area contributed by atoms with E-state index in [-0.39, 0.29) is 29.2 Å². The van der Waals surface area contributed by atoms with Gasteiger partial charge in [-0.2, -0.15) is 0 Å². The molecule has 2 rings (SSSR count). The number of carbonyl (C=O) groups is 3. The van der Waals surface area contributed by atoms with Gasteiger partial charge in [-0.1, -0.05) is 6.07 Å². The van der Waals surface area contributed by atoms with Crippen molar-refractivity contribution in [1.29, 1.82) is 0 Å². The lowest BCUT2D eigenvalue weighted by Crippen LogP contribution is -2.41. The van der Waals surface area contributed by atoms with E-state index >= 15 is 0 Å². The summed E-state index contributed by atoms with van der Waals surface area (Å²) in [4.78, 5) is 47.7. The zero-order valence-corrected chi connectivity index (χ0v) is 16.2. The minimum atomic E-state index is -0.702. The summed E-state index contributed by atoms with van der Waals surface area (Å²) in [5.41, 5.74) is -0.167. The van der Waals surface area contributed by atoms with Crippen LogP contribution in [0.4, 0.5) is 15.8 Å². The summed E-state index contributed by atoms with van der Waals surface area (Å²) < 4.78 is 18.0. The van der Waals surface area contributed by atoms with Gasteiger partial charge in [-0.05, 0) is 30.3 Å². The van der Waals surface area contributed by atoms with Gasteiger partial charge >= 0.3 is 5.69 Å². The van der Waals surface area contributed by atoms with Gasteiger partial charge in [-0.15, -0.1) is 0 Å². The van der Waals surface area contributed by atoms with Crippen molar-refractivity contribution in [3.63, 3.8) is 0 Å². The molecule has 2 aromatic rings. The molecule has 0 fully saturated rings. The van der Waals surface area contributed by atoms with Crippen molar-refractivity contribution >= 4 is 29.1 Å². The predicted molar refractivity (Wildman–Crippen MR) is 105 cm³/mol. The fraction of sp³-hybridized carbons (Fsp3) is 0.211. The van der Waals surface area contributed by atoms with E-state index in [1.165, 1.54) is 44.5 Å². The third kappa shape index (κ3) is 5.99. The van der Waals surface area contributed by atoms with E-state index in [1.807, 2.05) is 0 Å². The maximum absolute atomic E-state index is 13.1. The van der Waals surface area contributed by atoms with Crippen molar-refractivity contribution in [2.75, 3.05) is 32.6 Å². The third-order valence-corrected chi connectivity index (χ3v) is 3.95. The lowest BCUT2D eigenvalue weighted by atomic mass is 10.1. The number of carbonyl (C=O) groups excluding carboxylic acids is 3. The molecule has 10 nitrogen and oxygen atoms in total. The highest BCUT2D eigenvalue weighted by atomic mass is 19.1. The van der Waals surface area contributed by atoms with Crippen LogP contribution in [-0.2, 0) is 9.59 Å². The maximum Gasteiger partial charge on any atom is 0.311 e. The minimum Gasteiger partial charge on any atom is -0.490 e. The molecule has 0 aliphatic rings. The monoisotopic (exact) mass is 418 g/mol. The predicted octanol–water partition coefficient (Wildman–Crippen LogP) is 1.57. The van der Waals surface area contributed by atoms with Crippen LogP contribution in [0.5, 0.6) is 5.75 Å². The second kappa shape index (κ2) is 9.96. The number of ether oxygens (including phenoxy) is 1. The molecule has 0 saturated carbocycles. The smallest absolute Gasteiger partial charge is 0.311 e. The van der Waals surface area contributed by atoms with Crippen LogP contribution in [0, 0.1) is 15.9 Å². The molecule has 0 aliphatic carbocycles. The zero-order chi connectivity index (χ0) is 22.3. The SMILES string of the molecule is COc1ccc(C(=O)NCC(=O)N(C)CC(=O)Nc2cccc(F)c2)cc1[N+](=O)[O-]. The van der Waals surface area contributed by atoms with E-state index in [9.17, 15) is 28.9 Å². The van der Waals surface area contributed by atoms with Crippen molar-refractivity contribution in [3.8, 4) is 5.75 Å². The number of likely N-dealkylation sites (N-methyl/N-ethyl adjacent to an activating group) is 1. The average molecular weight is 418 g/mol. The van der Waals surface area contributed by atoms with Gasteiger partial charge in [-0.25, -0.2) is 4.39 Å². The van der Waals surface area contributed by atoms with Gasteiger partial charge < -0.3 is 20.3 Å². The first-order chi connectivity index (χ1) is 14.2. The van der Waals surface area contributed by atoms with E-state index in [1.54, 1.807) is 0 Å². The Bertz CT molecular complexity index is 981. The van der Waals surface area contributed by atoms with Crippen molar-refractivity contribution in [3.05, 3.63) is 64.0 Å². The zero-order valence-electron chi connectivity index (χ0n) is 16.2. The molecule has 2 aromatic carbocycles. The molecule has 0 aromatic heterocycles. The fourth-order valence-corrected chi connectivity index (χ4v) is 2.44. The summed E-state index contributed by atoms with van der Waals surface area (Å²) in [6.45, 7) is -0.748. The van der Waals surface area contributed by atoms with Crippen LogP contribution in [0.1, 0.15) is 10.4 Å². The standard InChI is InChI=1S/C19H19FN4O6/c1-23(11-17(25)22-14-5-3-4-13(20)9-14)18(26)10-21-19(27)12-6-7-16(30-2)15(8-12)24(28)29/h3-9H,10-11H2,1-2H3,(H,21,27)(H,22,25). The molecular formula is C19H19FN4O6. The maximum atomic E-state index is 13.1. The number of benzene rings is 2. The molecule has 0 aliphatic heterocycles. The van der Waals surface area contributed by atoms with Crippen LogP contribution < -0.4 is 15.4 Å². The molecule has 11 heteroatoms. The molecule has 30 heavy (non-hydrogen) atoms. The van der Waals surface area contributed by atoms with E-state index < -0.39 is 35.0 Å². The van der Waals surface area contributed by atoms with Crippen LogP contribution in [-0.4, -0.2) is 54.8 Å². The third-order valence-electron chi connectivity index (χ3n) is 3.95. The topological polar surface area (TPSA) is 131 Å².